The molecule has 9 heteroatoms. The normalized spacial score (nSPS) is 16.5. The van der Waals surface area contributed by atoms with Gasteiger partial charge < -0.3 is 5.32 Å². The van der Waals surface area contributed by atoms with Gasteiger partial charge in [-0.25, -0.2) is 0 Å². The van der Waals surface area contributed by atoms with E-state index in [1.54, 1.807) is 0 Å². The summed E-state index contributed by atoms with van der Waals surface area (Å²) in [4.78, 5) is 14.6. The van der Waals surface area contributed by atoms with Crippen molar-refractivity contribution < 1.29 is 31.1 Å². The zero-order chi connectivity index (χ0) is 21.9. The number of rotatable bonds is 4. The fourth-order valence-electron chi connectivity index (χ4n) is 3.43. The van der Waals surface area contributed by atoms with Crippen LogP contribution in [0.2, 0.25) is 0 Å². The van der Waals surface area contributed by atoms with E-state index in [1.165, 1.54) is 0 Å². The lowest BCUT2D eigenvalue weighted by Gasteiger charge is -2.32. The number of amides is 1. The minimum atomic E-state index is -4.99. The number of likely N-dealkylation sites (tertiary alicyclic amines) is 1. The van der Waals surface area contributed by atoms with Crippen molar-refractivity contribution in [3.63, 3.8) is 0 Å². The largest absolute Gasteiger partial charge is 0.416 e. The van der Waals surface area contributed by atoms with Crippen LogP contribution in [0.15, 0.2) is 48.5 Å². The van der Waals surface area contributed by atoms with Gasteiger partial charge >= 0.3 is 12.4 Å². The summed E-state index contributed by atoms with van der Waals surface area (Å²) >= 11 is 0. The SMILES string of the molecule is O=C(NC1CCN(Cc2ccccc2)CC1)c1cc(C(F)(F)F)cc(C(F)(F)F)c1. The number of halogens is 6. The maximum atomic E-state index is 13.0. The van der Waals surface area contributed by atoms with Gasteiger partial charge in [0.2, 0.25) is 0 Å². The van der Waals surface area contributed by atoms with Crippen molar-refractivity contribution in [2.45, 2.75) is 37.8 Å². The van der Waals surface area contributed by atoms with Crippen molar-refractivity contribution in [3.8, 4) is 0 Å². The number of alkyl halides is 6. The molecule has 1 saturated heterocycles. The number of hydrogen-bond donors (Lipinski definition) is 1. The molecule has 0 unspecified atom stereocenters. The summed E-state index contributed by atoms with van der Waals surface area (Å²) < 4.78 is 77.9. The number of piperidine rings is 1. The minimum Gasteiger partial charge on any atom is -0.349 e. The van der Waals surface area contributed by atoms with Crippen LogP contribution in [0.3, 0.4) is 0 Å². The van der Waals surface area contributed by atoms with E-state index in [2.05, 4.69) is 10.2 Å². The molecule has 1 fully saturated rings. The standard InChI is InChI=1S/C21H20F6N2O/c22-20(23,24)16-10-15(11-17(12-16)21(25,26)27)19(30)28-18-6-8-29(9-7-18)13-14-4-2-1-3-5-14/h1-5,10-12,18H,6-9,13H2,(H,28,30). The van der Waals surface area contributed by atoms with Crippen LogP contribution >= 0.6 is 0 Å². The number of hydrogen-bond acceptors (Lipinski definition) is 2. The topological polar surface area (TPSA) is 32.3 Å². The van der Waals surface area contributed by atoms with Gasteiger partial charge in [-0.2, -0.15) is 26.3 Å². The molecule has 1 aliphatic heterocycles. The number of carbonyl (C=O) groups excluding carboxylic acids is 1. The van der Waals surface area contributed by atoms with E-state index in [1.807, 2.05) is 30.3 Å². The van der Waals surface area contributed by atoms with Crippen molar-refractivity contribution in [2.75, 3.05) is 13.1 Å². The maximum Gasteiger partial charge on any atom is 0.416 e. The average molecular weight is 430 g/mol. The highest BCUT2D eigenvalue weighted by Gasteiger charge is 2.37. The Morgan fingerprint density at radius 2 is 1.43 bits per heavy atom. The van der Waals surface area contributed by atoms with Crippen LogP contribution < -0.4 is 5.32 Å². The van der Waals surface area contributed by atoms with Gasteiger partial charge in [-0.3, -0.25) is 9.69 Å². The van der Waals surface area contributed by atoms with E-state index in [9.17, 15) is 31.1 Å². The molecule has 30 heavy (non-hydrogen) atoms. The lowest BCUT2D eigenvalue weighted by Crippen LogP contribution is -2.44. The lowest BCUT2D eigenvalue weighted by atomic mass is 10.0. The molecule has 1 amide bonds. The predicted molar refractivity (Wildman–Crippen MR) is 98.7 cm³/mol. The van der Waals surface area contributed by atoms with Crippen molar-refractivity contribution in [3.05, 3.63) is 70.8 Å². The maximum absolute atomic E-state index is 13.0. The molecule has 2 aromatic rings. The molecule has 2 aromatic carbocycles. The molecule has 1 N–H and O–H groups in total. The van der Waals surface area contributed by atoms with E-state index in [4.69, 9.17) is 0 Å². The van der Waals surface area contributed by atoms with Gasteiger partial charge in [-0.1, -0.05) is 30.3 Å². The Hall–Kier alpha value is -2.55. The van der Waals surface area contributed by atoms with Crippen LogP contribution in [0.5, 0.6) is 0 Å². The molecule has 1 aliphatic rings. The Labute approximate surface area is 169 Å². The quantitative estimate of drug-likeness (QED) is 0.683. The Balaban J connectivity index is 1.65. The minimum absolute atomic E-state index is 0.0127. The molecular formula is C21H20F6N2O. The smallest absolute Gasteiger partial charge is 0.349 e. The highest BCUT2D eigenvalue weighted by Crippen LogP contribution is 2.36. The van der Waals surface area contributed by atoms with Crippen molar-refractivity contribution >= 4 is 5.91 Å². The Morgan fingerprint density at radius 1 is 0.900 bits per heavy atom. The predicted octanol–water partition coefficient (Wildman–Crippen LogP) is 5.12. The zero-order valence-corrected chi connectivity index (χ0v) is 15.9. The highest BCUT2D eigenvalue weighted by molar-refractivity contribution is 5.94. The van der Waals surface area contributed by atoms with Gasteiger partial charge in [-0.05, 0) is 36.6 Å². The Kier molecular flexibility index (Phi) is 6.40. The summed E-state index contributed by atoms with van der Waals surface area (Å²) in [6.07, 6.45) is -8.86. The third kappa shape index (κ3) is 5.75. The summed E-state index contributed by atoms with van der Waals surface area (Å²) in [5.41, 5.74) is -2.51. The average Bonchev–Trinajstić information content (AvgIpc) is 2.68. The van der Waals surface area contributed by atoms with Gasteiger partial charge in [0.25, 0.3) is 5.91 Å². The second-order valence-corrected chi connectivity index (χ2v) is 7.30. The molecule has 0 aromatic heterocycles. The molecule has 0 aliphatic carbocycles. The fraction of sp³-hybridized carbons (Fsp3) is 0.381. The van der Waals surface area contributed by atoms with Crippen molar-refractivity contribution in [2.24, 2.45) is 0 Å². The number of nitrogens with zero attached hydrogens (tertiary/aromatic N) is 1. The lowest BCUT2D eigenvalue weighted by molar-refractivity contribution is -0.143. The first-order valence-corrected chi connectivity index (χ1v) is 9.39. The molecule has 0 saturated carbocycles. The molecule has 0 bridgehead atoms. The van der Waals surface area contributed by atoms with Gasteiger partial charge in [-0.15, -0.1) is 0 Å². The molecule has 3 nitrogen and oxygen atoms in total. The van der Waals surface area contributed by atoms with Crippen LogP contribution in [0, 0.1) is 0 Å². The van der Waals surface area contributed by atoms with Gasteiger partial charge in [0, 0.05) is 31.2 Å². The van der Waals surface area contributed by atoms with Crippen LogP contribution in [0.1, 0.15) is 39.9 Å². The summed E-state index contributed by atoms with van der Waals surface area (Å²) in [5.74, 6) is -0.937. The van der Waals surface area contributed by atoms with E-state index in [-0.39, 0.29) is 12.1 Å². The van der Waals surface area contributed by atoms with Gasteiger partial charge in [0.1, 0.15) is 0 Å². The van der Waals surface area contributed by atoms with E-state index in [0.717, 1.165) is 12.1 Å². The van der Waals surface area contributed by atoms with Crippen molar-refractivity contribution in [1.29, 1.82) is 0 Å². The van der Waals surface area contributed by atoms with Crippen LogP contribution in [-0.2, 0) is 18.9 Å². The zero-order valence-electron chi connectivity index (χ0n) is 15.9. The third-order valence-electron chi connectivity index (χ3n) is 5.02. The number of benzene rings is 2. The molecule has 0 atom stereocenters. The van der Waals surface area contributed by atoms with E-state index >= 15 is 0 Å². The third-order valence-corrected chi connectivity index (χ3v) is 5.02. The first-order chi connectivity index (χ1) is 14.0. The first-order valence-electron chi connectivity index (χ1n) is 9.39. The highest BCUT2D eigenvalue weighted by atomic mass is 19.4. The summed E-state index contributed by atoms with van der Waals surface area (Å²) in [7, 11) is 0. The summed E-state index contributed by atoms with van der Waals surface area (Å²) in [6.45, 7) is 2.07. The fourth-order valence-corrected chi connectivity index (χ4v) is 3.43. The molecule has 162 valence electrons. The molecule has 0 radical (unpaired) electrons. The van der Waals surface area contributed by atoms with Crippen LogP contribution in [-0.4, -0.2) is 29.9 Å². The molecule has 0 spiro atoms. The van der Waals surface area contributed by atoms with Gasteiger partial charge in [0.05, 0.1) is 11.1 Å². The Bertz CT molecular complexity index is 839. The second kappa shape index (κ2) is 8.67. The second-order valence-electron chi connectivity index (χ2n) is 7.30. The molecule has 1 heterocycles. The number of nitrogens with one attached hydrogen (secondary N) is 1. The summed E-state index contributed by atoms with van der Waals surface area (Å²) in [6, 6.07) is 10.4. The van der Waals surface area contributed by atoms with Crippen molar-refractivity contribution in [1.82, 2.24) is 10.2 Å². The molecule has 3 rings (SSSR count). The monoisotopic (exact) mass is 430 g/mol. The number of carbonyl (C=O) groups is 1. The van der Waals surface area contributed by atoms with Crippen LogP contribution in [0.4, 0.5) is 26.3 Å². The summed E-state index contributed by atoms with van der Waals surface area (Å²) in [5, 5.41) is 2.58. The van der Waals surface area contributed by atoms with Crippen LogP contribution in [0.25, 0.3) is 0 Å². The Morgan fingerprint density at radius 3 is 1.93 bits per heavy atom. The first kappa shape index (κ1) is 22.1. The van der Waals surface area contributed by atoms with E-state index in [0.29, 0.717) is 38.1 Å². The van der Waals surface area contributed by atoms with Gasteiger partial charge in [0.15, 0.2) is 0 Å². The van der Waals surface area contributed by atoms with E-state index < -0.39 is 35.0 Å². The molecular weight excluding hydrogens is 410 g/mol.